The number of rotatable bonds is 3. The summed E-state index contributed by atoms with van der Waals surface area (Å²) in [5, 5.41) is 3.33. The number of hydrogen-bond acceptors (Lipinski definition) is 2. The van der Waals surface area contributed by atoms with Gasteiger partial charge in [-0.15, -0.1) is 0 Å². The SMILES string of the molecule is CC(C)N(C(=O)[C@H]1CCC2C3CC[C@H]4NC(=O)CC[C@]4(C)C3CC[C@@]21C)C(C)C. The number of nitrogens with one attached hydrogen (secondary N) is 1. The van der Waals surface area contributed by atoms with Crippen molar-refractivity contribution in [2.45, 2.75) is 111 Å². The predicted octanol–water partition coefficient (Wildman–Crippen LogP) is 4.77. The molecule has 3 aliphatic carbocycles. The third-order valence-corrected chi connectivity index (χ3v) is 9.76. The van der Waals surface area contributed by atoms with Gasteiger partial charge >= 0.3 is 0 Å². The minimum Gasteiger partial charge on any atom is -0.353 e. The maximum absolute atomic E-state index is 13.7. The molecule has 1 heterocycles. The van der Waals surface area contributed by atoms with Crippen molar-refractivity contribution in [1.29, 1.82) is 0 Å². The Balaban J connectivity index is 1.57. The van der Waals surface area contributed by atoms with Gasteiger partial charge in [-0.3, -0.25) is 9.59 Å². The molecule has 0 aromatic carbocycles. The lowest BCUT2D eigenvalue weighted by molar-refractivity contribution is -0.150. The maximum Gasteiger partial charge on any atom is 0.226 e. The molecule has 4 heteroatoms. The monoisotopic (exact) mass is 402 g/mol. The maximum atomic E-state index is 13.7. The summed E-state index contributed by atoms with van der Waals surface area (Å²) in [4.78, 5) is 27.8. The molecule has 2 amide bonds. The average molecular weight is 403 g/mol. The van der Waals surface area contributed by atoms with Gasteiger partial charge in [-0.05, 0) is 101 Å². The fourth-order valence-electron chi connectivity index (χ4n) is 8.39. The van der Waals surface area contributed by atoms with Gasteiger partial charge in [0.25, 0.3) is 0 Å². The molecule has 1 N–H and O–H groups in total. The first-order valence-electron chi connectivity index (χ1n) is 12.2. The summed E-state index contributed by atoms with van der Waals surface area (Å²) in [6.07, 6.45) is 8.77. The Kier molecular flexibility index (Phi) is 5.31. The van der Waals surface area contributed by atoms with Gasteiger partial charge in [0.05, 0.1) is 0 Å². The van der Waals surface area contributed by atoms with Crippen LogP contribution in [0, 0.1) is 34.5 Å². The normalized spacial score (nSPS) is 44.1. The van der Waals surface area contributed by atoms with E-state index in [0.717, 1.165) is 25.2 Å². The van der Waals surface area contributed by atoms with E-state index in [-0.39, 0.29) is 34.7 Å². The van der Waals surface area contributed by atoms with Crippen molar-refractivity contribution in [3.05, 3.63) is 0 Å². The first-order chi connectivity index (χ1) is 13.6. The number of hydrogen-bond donors (Lipinski definition) is 1. The second kappa shape index (κ2) is 7.27. The van der Waals surface area contributed by atoms with Crippen molar-refractivity contribution in [1.82, 2.24) is 10.2 Å². The highest BCUT2D eigenvalue weighted by Gasteiger charge is 2.61. The van der Waals surface area contributed by atoms with Gasteiger partial charge in [0, 0.05) is 30.5 Å². The van der Waals surface area contributed by atoms with Gasteiger partial charge < -0.3 is 10.2 Å². The van der Waals surface area contributed by atoms with Crippen LogP contribution in [0.4, 0.5) is 0 Å². The van der Waals surface area contributed by atoms with Crippen molar-refractivity contribution in [3.63, 3.8) is 0 Å². The number of fused-ring (bicyclic) bond motifs is 5. The molecule has 1 saturated heterocycles. The molecule has 0 spiro atoms. The van der Waals surface area contributed by atoms with Gasteiger partial charge in [-0.25, -0.2) is 0 Å². The van der Waals surface area contributed by atoms with Crippen LogP contribution in [0.1, 0.15) is 92.9 Å². The molecular weight excluding hydrogens is 360 g/mol. The van der Waals surface area contributed by atoms with E-state index < -0.39 is 0 Å². The second-order valence-electron chi connectivity index (χ2n) is 11.7. The highest BCUT2D eigenvalue weighted by Crippen LogP contribution is 2.65. The van der Waals surface area contributed by atoms with Crippen LogP contribution in [0.3, 0.4) is 0 Å². The van der Waals surface area contributed by atoms with Crippen molar-refractivity contribution < 1.29 is 9.59 Å². The number of piperidine rings is 1. The summed E-state index contributed by atoms with van der Waals surface area (Å²) in [5.41, 5.74) is 0.406. The predicted molar refractivity (Wildman–Crippen MR) is 116 cm³/mol. The number of nitrogens with zero attached hydrogens (tertiary/aromatic N) is 1. The van der Waals surface area contributed by atoms with Gasteiger partial charge in [0.1, 0.15) is 0 Å². The van der Waals surface area contributed by atoms with Crippen LogP contribution in [0.2, 0.25) is 0 Å². The van der Waals surface area contributed by atoms with Crippen LogP contribution in [-0.4, -0.2) is 34.8 Å². The first-order valence-corrected chi connectivity index (χ1v) is 12.2. The molecule has 4 rings (SSSR count). The van der Waals surface area contributed by atoms with Crippen molar-refractivity contribution in [3.8, 4) is 0 Å². The molecule has 164 valence electrons. The minimum atomic E-state index is 0.154. The summed E-state index contributed by atoms with van der Waals surface area (Å²) in [6, 6.07) is 0.897. The molecular formula is C25H42N2O2. The molecule has 29 heavy (non-hydrogen) atoms. The summed E-state index contributed by atoms with van der Waals surface area (Å²) in [5.74, 6) is 2.96. The van der Waals surface area contributed by atoms with Gasteiger partial charge in [-0.2, -0.15) is 0 Å². The van der Waals surface area contributed by atoms with E-state index in [4.69, 9.17) is 0 Å². The lowest BCUT2D eigenvalue weighted by Gasteiger charge is -2.60. The van der Waals surface area contributed by atoms with Crippen molar-refractivity contribution in [2.75, 3.05) is 0 Å². The van der Waals surface area contributed by atoms with Gasteiger partial charge in [-0.1, -0.05) is 13.8 Å². The minimum absolute atomic E-state index is 0.154. The lowest BCUT2D eigenvalue weighted by atomic mass is 9.47. The third-order valence-electron chi connectivity index (χ3n) is 9.76. The van der Waals surface area contributed by atoms with Crippen LogP contribution in [0.5, 0.6) is 0 Å². The highest BCUT2D eigenvalue weighted by molar-refractivity contribution is 5.81. The molecule has 7 atom stereocenters. The molecule has 4 fully saturated rings. The Morgan fingerprint density at radius 1 is 0.931 bits per heavy atom. The Morgan fingerprint density at radius 3 is 2.24 bits per heavy atom. The fourth-order valence-corrected chi connectivity index (χ4v) is 8.39. The molecule has 4 aliphatic rings. The van der Waals surface area contributed by atoms with Crippen LogP contribution in [0.25, 0.3) is 0 Å². The van der Waals surface area contributed by atoms with E-state index in [1.54, 1.807) is 0 Å². The van der Waals surface area contributed by atoms with Crippen LogP contribution < -0.4 is 5.32 Å². The lowest BCUT2D eigenvalue weighted by Crippen LogP contribution is -2.61. The third kappa shape index (κ3) is 3.15. The average Bonchev–Trinajstić information content (AvgIpc) is 2.99. The molecule has 1 aliphatic heterocycles. The first kappa shape index (κ1) is 21.2. The zero-order valence-electron chi connectivity index (χ0n) is 19.5. The van der Waals surface area contributed by atoms with E-state index in [9.17, 15) is 9.59 Å². The fraction of sp³-hybridized carbons (Fsp3) is 0.920. The molecule has 0 radical (unpaired) electrons. The molecule has 4 nitrogen and oxygen atoms in total. The van der Waals surface area contributed by atoms with Crippen molar-refractivity contribution >= 4 is 11.8 Å². The number of carbonyl (C=O) groups is 2. The Morgan fingerprint density at radius 2 is 1.59 bits per heavy atom. The van der Waals surface area contributed by atoms with E-state index in [1.165, 1.54) is 25.7 Å². The van der Waals surface area contributed by atoms with E-state index >= 15 is 0 Å². The Bertz CT molecular complexity index is 666. The van der Waals surface area contributed by atoms with Gasteiger partial charge in [0.2, 0.25) is 11.8 Å². The topological polar surface area (TPSA) is 49.4 Å². The van der Waals surface area contributed by atoms with Crippen LogP contribution in [-0.2, 0) is 9.59 Å². The van der Waals surface area contributed by atoms with Crippen LogP contribution in [0.15, 0.2) is 0 Å². The molecule has 0 bridgehead atoms. The molecule has 3 unspecified atom stereocenters. The largest absolute Gasteiger partial charge is 0.353 e. The summed E-state index contributed by atoms with van der Waals surface area (Å²) >= 11 is 0. The smallest absolute Gasteiger partial charge is 0.226 e. The summed E-state index contributed by atoms with van der Waals surface area (Å²) in [7, 11) is 0. The molecule has 0 aromatic rings. The van der Waals surface area contributed by atoms with E-state index in [1.807, 2.05) is 0 Å². The van der Waals surface area contributed by atoms with Crippen molar-refractivity contribution in [2.24, 2.45) is 34.5 Å². The van der Waals surface area contributed by atoms with Gasteiger partial charge in [0.15, 0.2) is 0 Å². The zero-order chi connectivity index (χ0) is 21.1. The van der Waals surface area contributed by atoms with E-state index in [2.05, 4.69) is 51.8 Å². The van der Waals surface area contributed by atoms with Crippen LogP contribution >= 0.6 is 0 Å². The quantitative estimate of drug-likeness (QED) is 0.739. The standard InChI is InChI=1S/C25H42N2O2/c1-15(2)27(16(3)4)23(29)20-9-8-18-17-7-10-21-25(6,14-12-22(28)26-21)19(17)11-13-24(18,20)5/h15-21H,7-14H2,1-6H3,(H,26,28)/t17?,18?,19?,20-,21-,24+,25-/m1/s1. The Hall–Kier alpha value is -1.06. The second-order valence-corrected chi connectivity index (χ2v) is 11.7. The highest BCUT2D eigenvalue weighted by atomic mass is 16.2. The molecule has 3 saturated carbocycles. The molecule has 0 aromatic heterocycles. The summed E-state index contributed by atoms with van der Waals surface area (Å²) in [6.45, 7) is 13.5. The Labute approximate surface area is 177 Å². The van der Waals surface area contributed by atoms with E-state index in [0.29, 0.717) is 30.2 Å². The summed E-state index contributed by atoms with van der Waals surface area (Å²) < 4.78 is 0. The number of amides is 2. The number of carbonyl (C=O) groups excluding carboxylic acids is 2. The zero-order valence-corrected chi connectivity index (χ0v) is 19.5.